The van der Waals surface area contributed by atoms with E-state index in [-0.39, 0.29) is 46.1 Å². The van der Waals surface area contributed by atoms with Gasteiger partial charge in [0.2, 0.25) is 0 Å². The molecule has 12 heteroatoms. The molecule has 320 valence electrons. The Balaban J connectivity index is 1.45. The molecule has 11 atom stereocenters. The molecule has 0 saturated heterocycles. The van der Waals surface area contributed by atoms with Crippen molar-refractivity contribution in [1.82, 2.24) is 0 Å². The third kappa shape index (κ3) is 10.3. The Hall–Kier alpha value is -0.869. The highest BCUT2D eigenvalue weighted by atomic mass is 32.2. The molecule has 0 unspecified atom stereocenters. The lowest BCUT2D eigenvalue weighted by Gasteiger charge is -2.67. The molecule has 4 fully saturated rings. The molecule has 0 bridgehead atoms. The molecule has 5 rings (SSSR count). The predicted octanol–water partition coefficient (Wildman–Crippen LogP) is 11.0. The summed E-state index contributed by atoms with van der Waals surface area (Å²) in [4.78, 5) is 12.5. The zero-order valence-corrected chi connectivity index (χ0v) is 41.4. The van der Waals surface area contributed by atoms with Crippen molar-refractivity contribution in [3.63, 3.8) is 0 Å². The highest BCUT2D eigenvalue weighted by Crippen LogP contribution is 2.70. The van der Waals surface area contributed by atoms with Gasteiger partial charge in [0.1, 0.15) is 0 Å². The summed E-state index contributed by atoms with van der Waals surface area (Å²) in [6.07, 6.45) is 10.6. The largest absolute Gasteiger partial charge is 0.469 e. The Kier molecular flexibility index (Phi) is 13.9. The molecule has 0 spiro atoms. The number of methoxy groups -OCH3 is 1. The number of carbonyl (C=O) groups is 1. The van der Waals surface area contributed by atoms with Crippen LogP contribution in [-0.2, 0) is 37.1 Å². The van der Waals surface area contributed by atoms with Crippen molar-refractivity contribution in [2.75, 3.05) is 13.7 Å². The summed E-state index contributed by atoms with van der Waals surface area (Å²) in [5.41, 5.74) is 0.839. The average Bonchev–Trinajstić information content (AvgIpc) is 3.43. The van der Waals surface area contributed by atoms with Gasteiger partial charge in [-0.15, -0.1) is 0 Å². The van der Waals surface area contributed by atoms with Crippen molar-refractivity contribution >= 4 is 41.0 Å². The molecule has 1 aromatic rings. The zero-order valence-electron chi connectivity index (χ0n) is 37.6. The van der Waals surface area contributed by atoms with E-state index in [4.69, 9.17) is 22.2 Å². The van der Waals surface area contributed by atoms with Crippen LogP contribution in [0.2, 0.25) is 58.9 Å². The molecule has 56 heavy (non-hydrogen) atoms. The van der Waals surface area contributed by atoms with Crippen LogP contribution in [0.25, 0.3) is 0 Å². The Morgan fingerprint density at radius 3 is 2.11 bits per heavy atom. The number of ether oxygens (including phenoxy) is 1. The normalized spacial score (nSPS) is 35.6. The highest BCUT2D eigenvalue weighted by Gasteiger charge is 2.68. The fraction of sp³-hybridized carbons (Fsp3) is 0.841. The van der Waals surface area contributed by atoms with Crippen molar-refractivity contribution in [3.8, 4) is 0 Å². The third-order valence-electron chi connectivity index (χ3n) is 14.5. The quantitative estimate of drug-likeness (QED) is 0.0702. The van der Waals surface area contributed by atoms with Gasteiger partial charge in [-0.25, -0.2) is 0 Å². The molecule has 1 aromatic carbocycles. The molecule has 4 aliphatic carbocycles. The molecule has 8 nitrogen and oxygen atoms in total. The van der Waals surface area contributed by atoms with Crippen LogP contribution in [0.3, 0.4) is 0 Å². The number of hydrogen-bond donors (Lipinski definition) is 0. The molecule has 0 heterocycles. The van der Waals surface area contributed by atoms with Gasteiger partial charge in [0.25, 0.3) is 10.1 Å². The van der Waals surface area contributed by atoms with Crippen molar-refractivity contribution in [2.24, 2.45) is 46.3 Å². The second-order valence-corrected chi connectivity index (χ2v) is 36.9. The Morgan fingerprint density at radius 2 is 1.52 bits per heavy atom. The second kappa shape index (κ2) is 16.9. The van der Waals surface area contributed by atoms with Crippen LogP contribution in [0.4, 0.5) is 0 Å². The summed E-state index contributed by atoms with van der Waals surface area (Å²) in [5.74, 6) is 2.67. The first-order chi connectivity index (χ1) is 25.7. The van der Waals surface area contributed by atoms with Crippen LogP contribution in [0, 0.1) is 53.3 Å². The lowest BCUT2D eigenvalue weighted by molar-refractivity contribution is -0.208. The number of hydrogen-bond acceptors (Lipinski definition) is 8. The smallest absolute Gasteiger partial charge is 0.305 e. The van der Waals surface area contributed by atoms with Gasteiger partial charge in [-0.1, -0.05) is 38.5 Å². The minimum absolute atomic E-state index is 0.0134. The fourth-order valence-electron chi connectivity index (χ4n) is 12.3. The highest BCUT2D eigenvalue weighted by molar-refractivity contribution is 7.86. The van der Waals surface area contributed by atoms with E-state index in [1.54, 1.807) is 12.1 Å². The van der Waals surface area contributed by atoms with Gasteiger partial charge in [0.15, 0.2) is 25.0 Å². The molecule has 0 aromatic heterocycles. The molecule has 4 saturated carbocycles. The standard InChI is InChI=1S/C44H78O8SSi3/c1-31-16-19-34(20-17-31)53(46,47)49-27-15-24-44(52-56(12,13)14)26-25-42(3)33(30-44)28-38(50-54(6,7)8)41-36-22-21-35(32(2)18-23-40(45)48-5)43(36,4)39(29-37(41)42)51-55(9,10)11/h16-17,19-20,32-33,35-39,41H,15,18,21-30H2,1-14H3/t32-,33-,35-,36+,37+,38-,39+,41+,42+,43-,44-/m1/s1. The number of benzene rings is 1. The molecule has 0 N–H and O–H groups in total. The number of rotatable bonds is 16. The maximum absolute atomic E-state index is 13.1. The minimum atomic E-state index is -3.82. The number of fused-ring (bicyclic) bond motifs is 5. The van der Waals surface area contributed by atoms with E-state index in [0.717, 1.165) is 50.5 Å². The van der Waals surface area contributed by atoms with Crippen LogP contribution in [0.15, 0.2) is 29.2 Å². The van der Waals surface area contributed by atoms with Crippen molar-refractivity contribution in [2.45, 2.75) is 180 Å². The van der Waals surface area contributed by atoms with Crippen molar-refractivity contribution < 1.29 is 35.4 Å². The Labute approximate surface area is 344 Å². The van der Waals surface area contributed by atoms with Crippen molar-refractivity contribution in [1.29, 1.82) is 0 Å². The van der Waals surface area contributed by atoms with Gasteiger partial charge in [-0.05, 0) is 189 Å². The topological polar surface area (TPSA) is 97.4 Å². The number of aryl methyl sites for hydroxylation is 1. The van der Waals surface area contributed by atoms with E-state index in [1.165, 1.54) is 20.0 Å². The van der Waals surface area contributed by atoms with Gasteiger partial charge in [0.05, 0.1) is 30.3 Å². The molecule has 0 radical (unpaired) electrons. The molecular weight excluding hydrogens is 773 g/mol. The summed E-state index contributed by atoms with van der Waals surface area (Å²) in [7, 11) is -8.13. The van der Waals surface area contributed by atoms with E-state index in [2.05, 4.69) is 79.7 Å². The first-order valence-corrected chi connectivity index (χ1v) is 33.4. The van der Waals surface area contributed by atoms with Crippen LogP contribution < -0.4 is 0 Å². The van der Waals surface area contributed by atoms with Gasteiger partial charge in [0, 0.05) is 12.5 Å². The number of carbonyl (C=O) groups excluding carboxylic acids is 1. The third-order valence-corrected chi connectivity index (χ3v) is 18.9. The zero-order chi connectivity index (χ0) is 41.7. The van der Waals surface area contributed by atoms with Crippen LogP contribution >= 0.6 is 0 Å². The van der Waals surface area contributed by atoms with E-state index in [9.17, 15) is 13.2 Å². The van der Waals surface area contributed by atoms with E-state index in [0.29, 0.717) is 48.3 Å². The van der Waals surface area contributed by atoms with E-state index in [1.807, 2.05) is 19.1 Å². The van der Waals surface area contributed by atoms with Crippen LogP contribution in [-0.4, -0.2) is 70.9 Å². The summed E-state index contributed by atoms with van der Waals surface area (Å²) < 4.78 is 58.9. The predicted molar refractivity (Wildman–Crippen MR) is 234 cm³/mol. The second-order valence-electron chi connectivity index (χ2n) is 21.9. The maximum Gasteiger partial charge on any atom is 0.305 e. The maximum atomic E-state index is 13.1. The first-order valence-electron chi connectivity index (χ1n) is 21.8. The van der Waals surface area contributed by atoms with Gasteiger partial charge < -0.3 is 18.0 Å². The van der Waals surface area contributed by atoms with Crippen molar-refractivity contribution in [3.05, 3.63) is 29.8 Å². The van der Waals surface area contributed by atoms with Crippen LogP contribution in [0.1, 0.15) is 97.0 Å². The molecule has 0 amide bonds. The minimum Gasteiger partial charge on any atom is -0.469 e. The summed E-state index contributed by atoms with van der Waals surface area (Å²) >= 11 is 0. The first kappa shape index (κ1) is 46.2. The summed E-state index contributed by atoms with van der Waals surface area (Å²) in [5, 5.41) is 0. The Morgan fingerprint density at radius 1 is 0.875 bits per heavy atom. The molecular formula is C44H78O8SSi3. The lowest BCUT2D eigenvalue weighted by Crippen LogP contribution is -2.65. The molecule has 4 aliphatic rings. The van der Waals surface area contributed by atoms with Crippen LogP contribution in [0.5, 0.6) is 0 Å². The summed E-state index contributed by atoms with van der Waals surface area (Å²) in [6.45, 7) is 30.6. The monoisotopic (exact) mass is 850 g/mol. The van der Waals surface area contributed by atoms with Gasteiger partial charge >= 0.3 is 5.97 Å². The molecule has 0 aliphatic heterocycles. The van der Waals surface area contributed by atoms with E-state index < -0.39 is 35.1 Å². The SMILES string of the molecule is COC(=O)CC[C@@H](C)[C@H]1CC[C@H]2[C@@H]3[C@H](O[Si](C)(C)C)C[C@@H]4C[C@](CCCOS(=O)(=O)c5ccc(C)cc5)(O[Si](C)(C)C)CC[C@]4(C)[C@H]3C[C@H](O[Si](C)(C)C)[C@]12C. The van der Waals surface area contributed by atoms with E-state index >= 15 is 0 Å². The fourth-order valence-corrected chi connectivity index (χ4v) is 17.2. The number of esters is 1. The average molecular weight is 851 g/mol. The van der Waals surface area contributed by atoms with Gasteiger partial charge in [-0.2, -0.15) is 8.42 Å². The lowest BCUT2D eigenvalue weighted by atomic mass is 9.42. The van der Waals surface area contributed by atoms with Gasteiger partial charge in [-0.3, -0.25) is 8.98 Å². The Bertz CT molecular complexity index is 1620. The summed E-state index contributed by atoms with van der Waals surface area (Å²) in [6, 6.07) is 6.88.